The first-order valence-electron chi connectivity index (χ1n) is 8.88. The highest BCUT2D eigenvalue weighted by Crippen LogP contribution is 2.53. The van der Waals surface area contributed by atoms with Gasteiger partial charge in [0.2, 0.25) is 0 Å². The lowest BCUT2D eigenvalue weighted by Crippen LogP contribution is -2.49. The van der Waals surface area contributed by atoms with Crippen molar-refractivity contribution in [2.24, 2.45) is 10.8 Å². The van der Waals surface area contributed by atoms with Crippen molar-refractivity contribution in [3.05, 3.63) is 35.9 Å². The van der Waals surface area contributed by atoms with Crippen LogP contribution < -0.4 is 0 Å². The third kappa shape index (κ3) is 3.23. The molecule has 122 valence electrons. The van der Waals surface area contributed by atoms with Gasteiger partial charge in [-0.3, -0.25) is 9.80 Å². The molecule has 2 aliphatic rings. The first kappa shape index (κ1) is 16.0. The van der Waals surface area contributed by atoms with E-state index in [1.165, 1.54) is 44.6 Å². The summed E-state index contributed by atoms with van der Waals surface area (Å²) in [5.74, 6) is 0. The van der Waals surface area contributed by atoms with Crippen LogP contribution in [0, 0.1) is 10.8 Å². The molecule has 0 aromatic heterocycles. The molecule has 0 amide bonds. The second-order valence-corrected chi connectivity index (χ2v) is 8.63. The summed E-state index contributed by atoms with van der Waals surface area (Å²) in [6, 6.07) is 11.7. The van der Waals surface area contributed by atoms with E-state index < -0.39 is 0 Å². The molecule has 2 nitrogen and oxygen atoms in total. The molecule has 2 fully saturated rings. The number of rotatable bonds is 3. The normalized spacial score (nSPS) is 26.4. The van der Waals surface area contributed by atoms with E-state index in [1.54, 1.807) is 0 Å². The lowest BCUT2D eigenvalue weighted by molar-refractivity contribution is 0.0890. The Balaban J connectivity index is 1.52. The first-order valence-corrected chi connectivity index (χ1v) is 8.88. The Hall–Kier alpha value is -0.860. The van der Waals surface area contributed by atoms with Gasteiger partial charge in [0.15, 0.2) is 0 Å². The number of hydrogen-bond acceptors (Lipinski definition) is 2. The van der Waals surface area contributed by atoms with Gasteiger partial charge < -0.3 is 0 Å². The van der Waals surface area contributed by atoms with Gasteiger partial charge in [-0.25, -0.2) is 0 Å². The first-order chi connectivity index (χ1) is 10.4. The van der Waals surface area contributed by atoms with Crippen molar-refractivity contribution in [1.82, 2.24) is 9.80 Å². The van der Waals surface area contributed by atoms with E-state index >= 15 is 0 Å². The van der Waals surface area contributed by atoms with Crippen molar-refractivity contribution in [2.75, 3.05) is 26.2 Å². The summed E-state index contributed by atoms with van der Waals surface area (Å²) in [4.78, 5) is 5.37. The molecule has 0 bridgehead atoms. The molecule has 0 radical (unpaired) electrons. The Morgan fingerprint density at radius 1 is 0.864 bits per heavy atom. The van der Waals surface area contributed by atoms with E-state index in [0.29, 0.717) is 10.8 Å². The zero-order valence-corrected chi connectivity index (χ0v) is 14.8. The summed E-state index contributed by atoms with van der Waals surface area (Å²) in [6.45, 7) is 15.8. The predicted molar refractivity (Wildman–Crippen MR) is 93.9 cm³/mol. The van der Waals surface area contributed by atoms with Gasteiger partial charge in [0, 0.05) is 38.8 Å². The Bertz CT molecular complexity index is 468. The van der Waals surface area contributed by atoms with Gasteiger partial charge in [-0.2, -0.15) is 0 Å². The molecule has 1 aliphatic heterocycles. The molecule has 0 N–H and O–H groups in total. The zero-order chi connectivity index (χ0) is 15.8. The van der Waals surface area contributed by atoms with Crippen molar-refractivity contribution in [3.63, 3.8) is 0 Å². The van der Waals surface area contributed by atoms with Gasteiger partial charge in [-0.15, -0.1) is 0 Å². The van der Waals surface area contributed by atoms with Crippen molar-refractivity contribution >= 4 is 0 Å². The maximum Gasteiger partial charge on any atom is 0.0234 e. The molecular weight excluding hydrogens is 268 g/mol. The van der Waals surface area contributed by atoms with E-state index in [4.69, 9.17) is 0 Å². The van der Waals surface area contributed by atoms with Gasteiger partial charge in [-0.1, -0.05) is 58.0 Å². The molecule has 2 heteroatoms. The third-order valence-corrected chi connectivity index (χ3v) is 6.50. The van der Waals surface area contributed by atoms with E-state index in [0.717, 1.165) is 12.6 Å². The zero-order valence-electron chi connectivity index (χ0n) is 14.8. The van der Waals surface area contributed by atoms with Crippen molar-refractivity contribution < 1.29 is 0 Å². The Kier molecular flexibility index (Phi) is 4.35. The van der Waals surface area contributed by atoms with Crippen LogP contribution in [0.15, 0.2) is 30.3 Å². The third-order valence-electron chi connectivity index (χ3n) is 6.50. The van der Waals surface area contributed by atoms with E-state index in [2.05, 4.69) is 67.8 Å². The average molecular weight is 300 g/mol. The van der Waals surface area contributed by atoms with Crippen molar-refractivity contribution in [1.29, 1.82) is 0 Å². The average Bonchev–Trinajstić information content (AvgIpc) is 2.69. The standard InChI is InChI=1S/C20H32N2/c1-19(2)14-18(15-20(19,3)4)22-12-10-21(11-13-22)16-17-8-6-5-7-9-17/h5-9,18H,10-16H2,1-4H3. The second-order valence-electron chi connectivity index (χ2n) is 8.63. The van der Waals surface area contributed by atoms with Gasteiger partial charge in [0.25, 0.3) is 0 Å². The van der Waals surface area contributed by atoms with Gasteiger partial charge in [0.1, 0.15) is 0 Å². The maximum atomic E-state index is 2.76. The van der Waals surface area contributed by atoms with Crippen LogP contribution in [-0.2, 0) is 6.54 Å². The van der Waals surface area contributed by atoms with Crippen LogP contribution in [0.4, 0.5) is 0 Å². The van der Waals surface area contributed by atoms with Crippen LogP contribution in [0.5, 0.6) is 0 Å². The van der Waals surface area contributed by atoms with Gasteiger partial charge in [-0.05, 0) is 29.2 Å². The predicted octanol–water partition coefficient (Wildman–Crippen LogP) is 4.02. The highest BCUT2D eigenvalue weighted by atomic mass is 15.3. The summed E-state index contributed by atoms with van der Waals surface area (Å²) in [5.41, 5.74) is 2.39. The fraction of sp³-hybridized carbons (Fsp3) is 0.700. The van der Waals surface area contributed by atoms with Crippen LogP contribution in [0.1, 0.15) is 46.1 Å². The quantitative estimate of drug-likeness (QED) is 0.832. The molecule has 1 heterocycles. The second kappa shape index (κ2) is 5.98. The summed E-state index contributed by atoms with van der Waals surface area (Å²) in [6.07, 6.45) is 2.72. The van der Waals surface area contributed by atoms with E-state index in [-0.39, 0.29) is 0 Å². The molecule has 1 aliphatic carbocycles. The molecule has 0 spiro atoms. The van der Waals surface area contributed by atoms with Crippen LogP contribution >= 0.6 is 0 Å². The Morgan fingerprint density at radius 2 is 1.41 bits per heavy atom. The Morgan fingerprint density at radius 3 is 1.95 bits per heavy atom. The summed E-state index contributed by atoms with van der Waals surface area (Å²) in [5, 5.41) is 0. The maximum absolute atomic E-state index is 2.76. The molecule has 1 aromatic rings. The number of benzene rings is 1. The fourth-order valence-electron chi connectivity index (χ4n) is 4.19. The minimum atomic E-state index is 0.471. The molecule has 3 rings (SSSR count). The minimum absolute atomic E-state index is 0.471. The summed E-state index contributed by atoms with van der Waals surface area (Å²) >= 11 is 0. The molecular formula is C20H32N2. The van der Waals surface area contributed by atoms with E-state index in [1.807, 2.05) is 0 Å². The minimum Gasteiger partial charge on any atom is -0.298 e. The van der Waals surface area contributed by atoms with Gasteiger partial charge >= 0.3 is 0 Å². The largest absolute Gasteiger partial charge is 0.298 e. The number of hydrogen-bond donors (Lipinski definition) is 0. The number of nitrogens with zero attached hydrogens (tertiary/aromatic N) is 2. The molecule has 1 saturated heterocycles. The molecule has 1 aromatic carbocycles. The van der Waals surface area contributed by atoms with Crippen LogP contribution in [-0.4, -0.2) is 42.0 Å². The molecule has 0 atom stereocenters. The SMILES string of the molecule is CC1(C)CC(N2CCN(Cc3ccccc3)CC2)CC1(C)C. The smallest absolute Gasteiger partial charge is 0.0234 e. The molecule has 22 heavy (non-hydrogen) atoms. The highest BCUT2D eigenvalue weighted by Gasteiger charge is 2.48. The molecule has 1 saturated carbocycles. The molecule has 0 unspecified atom stereocenters. The summed E-state index contributed by atoms with van der Waals surface area (Å²) in [7, 11) is 0. The van der Waals surface area contributed by atoms with Crippen molar-refractivity contribution in [2.45, 2.75) is 53.1 Å². The Labute approximate surface area is 136 Å². The van der Waals surface area contributed by atoms with Crippen LogP contribution in [0.25, 0.3) is 0 Å². The monoisotopic (exact) mass is 300 g/mol. The highest BCUT2D eigenvalue weighted by molar-refractivity contribution is 5.14. The number of piperazine rings is 1. The topological polar surface area (TPSA) is 6.48 Å². The van der Waals surface area contributed by atoms with E-state index in [9.17, 15) is 0 Å². The lowest BCUT2D eigenvalue weighted by atomic mass is 9.71. The summed E-state index contributed by atoms with van der Waals surface area (Å²) < 4.78 is 0. The van der Waals surface area contributed by atoms with Crippen molar-refractivity contribution in [3.8, 4) is 0 Å². The lowest BCUT2D eigenvalue weighted by Gasteiger charge is -2.38. The van der Waals surface area contributed by atoms with Gasteiger partial charge in [0.05, 0.1) is 0 Å². The van der Waals surface area contributed by atoms with Crippen LogP contribution in [0.3, 0.4) is 0 Å². The fourth-order valence-corrected chi connectivity index (χ4v) is 4.19. The van der Waals surface area contributed by atoms with Crippen LogP contribution in [0.2, 0.25) is 0 Å².